The molecule has 2 heterocycles. The second kappa shape index (κ2) is 11.5. The van der Waals surface area contributed by atoms with Crippen LogP contribution in [-0.2, 0) is 11.2 Å². The van der Waals surface area contributed by atoms with Crippen LogP contribution in [0.2, 0.25) is 0 Å². The van der Waals surface area contributed by atoms with Crippen LogP contribution in [0.4, 0.5) is 5.82 Å². The molecule has 146 valence electrons. The molecular weight excluding hydrogens is 371 g/mol. The Morgan fingerprint density at radius 2 is 2.00 bits per heavy atom. The minimum absolute atomic E-state index is 0. The van der Waals surface area contributed by atoms with E-state index < -0.39 is 0 Å². The van der Waals surface area contributed by atoms with Gasteiger partial charge in [-0.3, -0.25) is 0 Å². The van der Waals surface area contributed by atoms with Crippen molar-refractivity contribution in [2.45, 2.75) is 44.6 Å². The molecule has 0 bridgehead atoms. The quantitative estimate of drug-likeness (QED) is 0.716. The van der Waals surface area contributed by atoms with Gasteiger partial charge in [0, 0.05) is 38.1 Å². The number of fused-ring (bicyclic) bond motifs is 1. The van der Waals surface area contributed by atoms with Gasteiger partial charge in [0.05, 0.1) is 5.52 Å². The number of nitrogens with zero attached hydrogens (tertiary/aromatic N) is 3. The Hall–Kier alpha value is -1.14. The SMILES string of the molecule is COCCCC1CCCCN1c1nc(CCN)nc2ccccc12.Cl.Cl. The van der Waals surface area contributed by atoms with E-state index in [0.717, 1.165) is 55.0 Å². The summed E-state index contributed by atoms with van der Waals surface area (Å²) in [6.07, 6.45) is 6.72. The lowest BCUT2D eigenvalue weighted by Gasteiger charge is -2.37. The molecule has 1 unspecified atom stereocenters. The third-order valence-corrected chi connectivity index (χ3v) is 4.78. The summed E-state index contributed by atoms with van der Waals surface area (Å²) in [7, 11) is 1.77. The van der Waals surface area contributed by atoms with Crippen molar-refractivity contribution in [2.75, 3.05) is 31.7 Å². The van der Waals surface area contributed by atoms with Gasteiger partial charge < -0.3 is 15.4 Å². The molecule has 0 saturated carbocycles. The molecule has 1 aromatic carbocycles. The van der Waals surface area contributed by atoms with Crippen molar-refractivity contribution in [3.8, 4) is 0 Å². The van der Waals surface area contributed by atoms with E-state index in [1.807, 2.05) is 6.07 Å². The predicted molar refractivity (Wildman–Crippen MR) is 113 cm³/mol. The summed E-state index contributed by atoms with van der Waals surface area (Å²) in [6, 6.07) is 8.86. The number of nitrogens with two attached hydrogens (primary N) is 1. The molecule has 1 saturated heterocycles. The first-order valence-corrected chi connectivity index (χ1v) is 9.05. The molecular formula is C19H30Cl2N4O. The van der Waals surface area contributed by atoms with Gasteiger partial charge in [-0.25, -0.2) is 9.97 Å². The van der Waals surface area contributed by atoms with Gasteiger partial charge in [0.1, 0.15) is 11.6 Å². The maximum absolute atomic E-state index is 5.73. The van der Waals surface area contributed by atoms with Crippen molar-refractivity contribution in [2.24, 2.45) is 5.73 Å². The Kier molecular flexibility index (Phi) is 10.2. The molecule has 1 aliphatic rings. The van der Waals surface area contributed by atoms with Crippen LogP contribution in [0.15, 0.2) is 24.3 Å². The van der Waals surface area contributed by atoms with Gasteiger partial charge in [0.25, 0.3) is 0 Å². The van der Waals surface area contributed by atoms with Crippen LogP contribution in [0.1, 0.15) is 37.9 Å². The highest BCUT2D eigenvalue weighted by Crippen LogP contribution is 2.31. The Balaban J connectivity index is 0.00000169. The first-order valence-electron chi connectivity index (χ1n) is 9.05. The molecule has 1 atom stereocenters. The van der Waals surface area contributed by atoms with Crippen LogP contribution in [0.5, 0.6) is 0 Å². The second-order valence-electron chi connectivity index (χ2n) is 6.50. The minimum Gasteiger partial charge on any atom is -0.385 e. The highest BCUT2D eigenvalue weighted by molar-refractivity contribution is 5.89. The van der Waals surface area contributed by atoms with Crippen LogP contribution >= 0.6 is 24.8 Å². The van der Waals surface area contributed by atoms with Crippen LogP contribution in [0.25, 0.3) is 10.9 Å². The molecule has 26 heavy (non-hydrogen) atoms. The van der Waals surface area contributed by atoms with Crippen molar-refractivity contribution < 1.29 is 4.74 Å². The smallest absolute Gasteiger partial charge is 0.140 e. The molecule has 2 N–H and O–H groups in total. The topological polar surface area (TPSA) is 64.3 Å². The molecule has 1 fully saturated rings. The number of benzene rings is 1. The van der Waals surface area contributed by atoms with Gasteiger partial charge in [-0.05, 0) is 50.8 Å². The van der Waals surface area contributed by atoms with Crippen LogP contribution < -0.4 is 10.6 Å². The third kappa shape index (κ3) is 5.43. The van der Waals surface area contributed by atoms with E-state index in [2.05, 4.69) is 28.1 Å². The number of para-hydroxylation sites is 1. The molecule has 0 aliphatic carbocycles. The first-order chi connectivity index (χ1) is 11.8. The van der Waals surface area contributed by atoms with Gasteiger partial charge >= 0.3 is 0 Å². The Morgan fingerprint density at radius 3 is 2.77 bits per heavy atom. The number of hydrogen-bond acceptors (Lipinski definition) is 5. The standard InChI is InChI=1S/C19H28N4O.2ClH/c1-24-14-6-8-15-7-4-5-13-23(15)19-16-9-2-3-10-17(16)21-18(22-19)11-12-20;;/h2-3,9-10,15H,4-8,11-14,20H2,1H3;2*1H. The molecule has 0 amide bonds. The average molecular weight is 401 g/mol. The number of anilines is 1. The molecule has 0 radical (unpaired) electrons. The highest BCUT2D eigenvalue weighted by atomic mass is 35.5. The maximum atomic E-state index is 5.73. The fourth-order valence-corrected chi connectivity index (χ4v) is 3.61. The summed E-state index contributed by atoms with van der Waals surface area (Å²) in [5.74, 6) is 1.94. The fourth-order valence-electron chi connectivity index (χ4n) is 3.61. The number of hydrogen-bond donors (Lipinski definition) is 1. The summed E-state index contributed by atoms with van der Waals surface area (Å²) in [6.45, 7) is 2.48. The molecule has 5 nitrogen and oxygen atoms in total. The predicted octanol–water partition coefficient (Wildman–Crippen LogP) is 3.76. The monoisotopic (exact) mass is 400 g/mol. The van der Waals surface area contributed by atoms with Crippen molar-refractivity contribution in [1.82, 2.24) is 9.97 Å². The molecule has 0 spiro atoms. The van der Waals surface area contributed by atoms with E-state index in [-0.39, 0.29) is 24.8 Å². The summed E-state index contributed by atoms with van der Waals surface area (Å²) in [5.41, 5.74) is 6.75. The van der Waals surface area contributed by atoms with Gasteiger partial charge in [-0.2, -0.15) is 0 Å². The number of methoxy groups -OCH3 is 1. The lowest BCUT2D eigenvalue weighted by molar-refractivity contribution is 0.188. The highest BCUT2D eigenvalue weighted by Gasteiger charge is 2.25. The molecule has 1 aliphatic heterocycles. The largest absolute Gasteiger partial charge is 0.385 e. The summed E-state index contributed by atoms with van der Waals surface area (Å²) >= 11 is 0. The lowest BCUT2D eigenvalue weighted by atomic mass is 9.97. The average Bonchev–Trinajstić information content (AvgIpc) is 2.62. The normalized spacial score (nSPS) is 16.8. The van der Waals surface area contributed by atoms with Gasteiger partial charge in [0.15, 0.2) is 0 Å². The second-order valence-corrected chi connectivity index (χ2v) is 6.50. The number of aromatic nitrogens is 2. The van der Waals surface area contributed by atoms with E-state index in [4.69, 9.17) is 15.5 Å². The van der Waals surface area contributed by atoms with Gasteiger partial charge in [0.2, 0.25) is 0 Å². The number of rotatable bonds is 7. The van der Waals surface area contributed by atoms with Crippen molar-refractivity contribution in [3.05, 3.63) is 30.1 Å². The number of ether oxygens (including phenoxy) is 1. The van der Waals surface area contributed by atoms with Gasteiger partial charge in [-0.15, -0.1) is 24.8 Å². The van der Waals surface area contributed by atoms with E-state index in [0.29, 0.717) is 12.6 Å². The minimum atomic E-state index is 0. The van der Waals surface area contributed by atoms with E-state index >= 15 is 0 Å². The van der Waals surface area contributed by atoms with Crippen molar-refractivity contribution >= 4 is 41.5 Å². The van der Waals surface area contributed by atoms with Crippen LogP contribution in [-0.4, -0.2) is 42.8 Å². The zero-order valence-electron chi connectivity index (χ0n) is 15.4. The summed E-state index contributed by atoms with van der Waals surface area (Å²) < 4.78 is 5.24. The lowest BCUT2D eigenvalue weighted by Crippen LogP contribution is -2.40. The maximum Gasteiger partial charge on any atom is 0.140 e. The van der Waals surface area contributed by atoms with Crippen molar-refractivity contribution in [1.29, 1.82) is 0 Å². The Labute approximate surface area is 168 Å². The van der Waals surface area contributed by atoms with E-state index in [9.17, 15) is 0 Å². The molecule has 2 aromatic rings. The molecule has 1 aromatic heterocycles. The number of piperidine rings is 1. The summed E-state index contributed by atoms with van der Waals surface area (Å²) in [5, 5.41) is 1.15. The number of halogens is 2. The van der Waals surface area contributed by atoms with Gasteiger partial charge in [-0.1, -0.05) is 12.1 Å². The fraction of sp³-hybridized carbons (Fsp3) is 0.579. The first kappa shape index (κ1) is 22.9. The zero-order valence-corrected chi connectivity index (χ0v) is 17.0. The Morgan fingerprint density at radius 1 is 1.19 bits per heavy atom. The van der Waals surface area contributed by atoms with E-state index in [1.54, 1.807) is 7.11 Å². The third-order valence-electron chi connectivity index (χ3n) is 4.78. The molecule has 3 rings (SSSR count). The Bertz CT molecular complexity index is 671. The van der Waals surface area contributed by atoms with Crippen molar-refractivity contribution in [3.63, 3.8) is 0 Å². The molecule has 7 heteroatoms. The van der Waals surface area contributed by atoms with Crippen LogP contribution in [0, 0.1) is 0 Å². The van der Waals surface area contributed by atoms with Crippen LogP contribution in [0.3, 0.4) is 0 Å². The van der Waals surface area contributed by atoms with E-state index in [1.165, 1.54) is 19.3 Å². The summed E-state index contributed by atoms with van der Waals surface area (Å²) in [4.78, 5) is 12.1. The zero-order chi connectivity index (χ0) is 16.8.